The molecule has 0 spiro atoms. The number of nitrogens with one attached hydrogen (secondary N) is 4. The molecule has 1 unspecified atom stereocenters. The van der Waals surface area contributed by atoms with E-state index in [1.807, 2.05) is 90.5 Å². The first-order valence-electron chi connectivity index (χ1n) is 22.3. The second-order valence-electron chi connectivity index (χ2n) is 21.1. The summed E-state index contributed by atoms with van der Waals surface area (Å²) in [6.07, 6.45) is 5.81. The van der Waals surface area contributed by atoms with E-state index in [9.17, 15) is 34.2 Å². The van der Waals surface area contributed by atoms with Crippen molar-refractivity contribution in [3.63, 3.8) is 0 Å². The Kier molecular flexibility index (Phi) is 17.4. The maximum Gasteiger partial charge on any atom is 0.410 e. The average molecular weight is 905 g/mol. The molecule has 16 nitrogen and oxygen atoms in total. The number of ether oxygens (including phenoxy) is 2. The standard InChI is InChI=1S/C49H76N8O8/c1-30(2)36(27-31(3)42(60)52-34(44(62)64-47(7,8)9)28-37(58)51-24-26-57-25-20-23-38(57)59)55(16)41(50)39(46(4,5)6)53-43(61)40(56(17)45(63)65-48(10,11)12)49(13,14)33-29-54(15)35-22-19-18-21-32(33)35/h18-23,27,29-30,34,36,39-40,50H,24-26,28H2,1-17H3,(H,51,58)(H,52,60)(H,53,61)/b31-27+,50-41?/t34?,36-,39-,40-/m1/s1. The quantitative estimate of drug-likeness (QED) is 0.0654. The number of para-hydroxylation sites is 1. The Hall–Kier alpha value is -5.67. The van der Waals surface area contributed by atoms with Gasteiger partial charge in [0.2, 0.25) is 23.6 Å². The van der Waals surface area contributed by atoms with Gasteiger partial charge < -0.3 is 39.8 Å². The third-order valence-electron chi connectivity index (χ3n) is 11.3. The van der Waals surface area contributed by atoms with Gasteiger partial charge in [0.25, 0.3) is 0 Å². The molecule has 0 aliphatic carbocycles. The van der Waals surface area contributed by atoms with Gasteiger partial charge in [-0.2, -0.15) is 0 Å². The van der Waals surface area contributed by atoms with Crippen molar-refractivity contribution in [2.24, 2.45) is 18.4 Å². The first-order valence-corrected chi connectivity index (χ1v) is 22.3. The first-order chi connectivity index (χ1) is 29.8. The van der Waals surface area contributed by atoms with Crippen LogP contribution >= 0.6 is 0 Å². The molecule has 1 aliphatic rings. The number of amides is 5. The summed E-state index contributed by atoms with van der Waals surface area (Å²) in [6.45, 7) is 26.3. The second kappa shape index (κ2) is 21.1. The zero-order chi connectivity index (χ0) is 49.6. The first kappa shape index (κ1) is 53.7. The van der Waals surface area contributed by atoms with Gasteiger partial charge in [-0.15, -0.1) is 0 Å². The minimum absolute atomic E-state index is 0.0605. The van der Waals surface area contributed by atoms with Crippen molar-refractivity contribution in [1.29, 1.82) is 5.41 Å². The van der Waals surface area contributed by atoms with Crippen molar-refractivity contribution >= 4 is 52.4 Å². The van der Waals surface area contributed by atoms with Gasteiger partial charge in [-0.25, -0.2) is 9.59 Å². The Morgan fingerprint density at radius 1 is 0.892 bits per heavy atom. The molecule has 2 heterocycles. The number of aryl methyl sites for hydroxylation is 1. The molecule has 16 heteroatoms. The van der Waals surface area contributed by atoms with Crippen LogP contribution in [0.5, 0.6) is 0 Å². The van der Waals surface area contributed by atoms with Crippen molar-refractivity contribution in [2.45, 2.75) is 144 Å². The maximum atomic E-state index is 15.0. The number of hydrogen-bond donors (Lipinski definition) is 4. The third-order valence-corrected chi connectivity index (χ3v) is 11.3. The van der Waals surface area contributed by atoms with Gasteiger partial charge >= 0.3 is 12.1 Å². The molecular weight excluding hydrogens is 829 g/mol. The monoisotopic (exact) mass is 905 g/mol. The fourth-order valence-corrected chi connectivity index (χ4v) is 7.90. The van der Waals surface area contributed by atoms with Crippen LogP contribution in [0.4, 0.5) is 4.79 Å². The number of aromatic nitrogens is 1. The van der Waals surface area contributed by atoms with Crippen LogP contribution in [0.15, 0.2) is 54.3 Å². The zero-order valence-corrected chi connectivity index (χ0v) is 41.9. The lowest BCUT2D eigenvalue weighted by Crippen LogP contribution is -2.63. The minimum atomic E-state index is -1.32. The Morgan fingerprint density at radius 2 is 1.49 bits per heavy atom. The molecule has 0 saturated heterocycles. The summed E-state index contributed by atoms with van der Waals surface area (Å²) in [7, 11) is 5.22. The molecule has 4 atom stereocenters. The highest BCUT2D eigenvalue weighted by Gasteiger charge is 2.46. The number of carbonyl (C=O) groups excluding carboxylic acids is 6. The molecule has 2 aromatic rings. The van der Waals surface area contributed by atoms with E-state index in [4.69, 9.17) is 9.47 Å². The topological polar surface area (TPSA) is 195 Å². The Balaban J connectivity index is 1.94. The number of nitrogens with zero attached hydrogens (tertiary/aromatic N) is 4. The van der Waals surface area contributed by atoms with E-state index >= 15 is 0 Å². The van der Waals surface area contributed by atoms with E-state index in [-0.39, 0.29) is 36.3 Å². The van der Waals surface area contributed by atoms with Crippen LogP contribution < -0.4 is 16.0 Å². The van der Waals surface area contributed by atoms with E-state index in [1.54, 1.807) is 84.5 Å². The molecule has 5 amide bonds. The minimum Gasteiger partial charge on any atom is -0.458 e. The third kappa shape index (κ3) is 14.4. The number of likely N-dealkylation sites (N-methyl/N-ethyl adjacent to an activating group) is 2. The molecule has 0 saturated carbocycles. The van der Waals surface area contributed by atoms with Crippen LogP contribution in [0.1, 0.15) is 109 Å². The molecule has 0 radical (unpaired) electrons. The zero-order valence-electron chi connectivity index (χ0n) is 41.9. The summed E-state index contributed by atoms with van der Waals surface area (Å²) in [4.78, 5) is 85.6. The lowest BCUT2D eigenvalue weighted by molar-refractivity contribution is -0.159. The van der Waals surface area contributed by atoms with E-state index in [1.165, 1.54) is 11.0 Å². The Morgan fingerprint density at radius 3 is 2.03 bits per heavy atom. The van der Waals surface area contributed by atoms with Crippen molar-refractivity contribution < 1.29 is 38.2 Å². The molecule has 1 aromatic heterocycles. The SMILES string of the molecule is C/C(=C\[C@H](C(C)C)N(C)C(=N)[C@@H](NC(=O)[C@@H](N(C)C(=O)OC(C)(C)C)C(C)(C)c1cn(C)c2ccccc12)C(C)(C)C)C(=O)NC(CC(=O)NCCN1CC=CC1=O)C(=O)OC(C)(C)C. The molecular formula is C49H76N8O8. The molecule has 4 N–H and O–H groups in total. The summed E-state index contributed by atoms with van der Waals surface area (Å²) in [5.41, 5.74) is -1.36. The van der Waals surface area contributed by atoms with Gasteiger partial charge in [0.05, 0.1) is 18.5 Å². The number of benzene rings is 1. The molecule has 0 bridgehead atoms. The summed E-state index contributed by atoms with van der Waals surface area (Å²) >= 11 is 0. The van der Waals surface area contributed by atoms with Crippen LogP contribution in [0.2, 0.25) is 0 Å². The summed E-state index contributed by atoms with van der Waals surface area (Å²) in [5, 5.41) is 19.2. The fraction of sp³-hybridized carbons (Fsp3) is 0.612. The maximum absolute atomic E-state index is 15.0. The number of rotatable bonds is 17. The van der Waals surface area contributed by atoms with E-state index in [2.05, 4.69) is 16.0 Å². The molecule has 0 fully saturated rings. The molecule has 3 rings (SSSR count). The van der Waals surface area contributed by atoms with Gasteiger partial charge in [-0.05, 0) is 71.4 Å². The summed E-state index contributed by atoms with van der Waals surface area (Å²) < 4.78 is 13.4. The summed E-state index contributed by atoms with van der Waals surface area (Å²) in [6, 6.07) is 4.04. The normalized spacial score (nSPS) is 15.6. The number of hydrogen-bond acceptors (Lipinski definition) is 9. The predicted octanol–water partition coefficient (Wildman–Crippen LogP) is 5.83. The number of carbonyl (C=O) groups is 6. The van der Waals surface area contributed by atoms with E-state index < -0.39 is 82.4 Å². The van der Waals surface area contributed by atoms with Crippen LogP contribution in [0.25, 0.3) is 10.9 Å². The Bertz CT molecular complexity index is 2150. The smallest absolute Gasteiger partial charge is 0.410 e. The largest absolute Gasteiger partial charge is 0.458 e. The highest BCUT2D eigenvalue weighted by atomic mass is 16.6. The van der Waals surface area contributed by atoms with Crippen LogP contribution in [-0.2, 0) is 45.9 Å². The van der Waals surface area contributed by atoms with Gasteiger partial charge in [-0.3, -0.25) is 29.5 Å². The fourth-order valence-electron chi connectivity index (χ4n) is 7.90. The number of amidine groups is 1. The van der Waals surface area contributed by atoms with Crippen molar-refractivity contribution in [3.8, 4) is 0 Å². The van der Waals surface area contributed by atoms with Crippen molar-refractivity contribution in [1.82, 2.24) is 35.2 Å². The number of fused-ring (bicyclic) bond motifs is 1. The summed E-state index contributed by atoms with van der Waals surface area (Å²) in [5.74, 6) is -2.63. The molecule has 360 valence electrons. The predicted molar refractivity (Wildman–Crippen MR) is 254 cm³/mol. The lowest BCUT2D eigenvalue weighted by Gasteiger charge is -2.43. The van der Waals surface area contributed by atoms with Crippen LogP contribution in [0.3, 0.4) is 0 Å². The van der Waals surface area contributed by atoms with Gasteiger partial charge in [0.15, 0.2) is 0 Å². The van der Waals surface area contributed by atoms with Crippen LogP contribution in [-0.4, -0.2) is 130 Å². The van der Waals surface area contributed by atoms with E-state index in [0.717, 1.165) is 16.5 Å². The molecule has 65 heavy (non-hydrogen) atoms. The Labute approximate surface area is 386 Å². The van der Waals surface area contributed by atoms with Gasteiger partial charge in [0, 0.05) is 74.9 Å². The van der Waals surface area contributed by atoms with Gasteiger partial charge in [0.1, 0.15) is 29.1 Å². The second-order valence-corrected chi connectivity index (χ2v) is 21.1. The highest BCUT2D eigenvalue weighted by Crippen LogP contribution is 2.37. The van der Waals surface area contributed by atoms with Crippen molar-refractivity contribution in [3.05, 3.63) is 59.8 Å². The molecule has 1 aliphatic heterocycles. The highest BCUT2D eigenvalue weighted by molar-refractivity contribution is 5.98. The average Bonchev–Trinajstić information content (AvgIpc) is 3.74. The lowest BCUT2D eigenvalue weighted by atomic mass is 9.76. The van der Waals surface area contributed by atoms with Crippen LogP contribution in [0, 0.1) is 16.7 Å². The molecule has 1 aromatic carbocycles. The van der Waals surface area contributed by atoms with Gasteiger partial charge in [-0.1, -0.05) is 78.8 Å². The van der Waals surface area contributed by atoms with Crippen molar-refractivity contribution in [2.75, 3.05) is 33.7 Å². The number of esters is 1. The van der Waals surface area contributed by atoms with E-state index in [0.29, 0.717) is 6.54 Å².